The van der Waals surface area contributed by atoms with Gasteiger partial charge in [0.2, 0.25) is 0 Å². The van der Waals surface area contributed by atoms with Crippen LogP contribution in [-0.2, 0) is 19.1 Å². The van der Waals surface area contributed by atoms with Crippen LogP contribution in [0.1, 0.15) is 36.6 Å². The quantitative estimate of drug-likeness (QED) is 0.753. The summed E-state index contributed by atoms with van der Waals surface area (Å²) in [6, 6.07) is 8.06. The highest BCUT2D eigenvalue weighted by Crippen LogP contribution is 2.41. The number of carbonyl (C=O) groups is 2. The summed E-state index contributed by atoms with van der Waals surface area (Å²) in [6.07, 6.45) is 3.85. The monoisotopic (exact) mass is 388 g/mol. The maximum Gasteiger partial charge on any atom is 0.310 e. The maximum absolute atomic E-state index is 12.7. The van der Waals surface area contributed by atoms with Crippen molar-refractivity contribution < 1.29 is 19.1 Å². The number of morpholine rings is 1. The van der Waals surface area contributed by atoms with Crippen molar-refractivity contribution in [2.45, 2.75) is 31.6 Å². The molecule has 0 unspecified atom stereocenters. The highest BCUT2D eigenvalue weighted by molar-refractivity contribution is 7.18. The molecule has 1 aliphatic carbocycles. The third-order valence-corrected chi connectivity index (χ3v) is 6.57. The van der Waals surface area contributed by atoms with E-state index in [1.165, 1.54) is 0 Å². The summed E-state index contributed by atoms with van der Waals surface area (Å²) in [4.78, 5) is 31.4. The molecule has 7 heteroatoms. The molecule has 0 N–H and O–H groups in total. The molecule has 4 rings (SSSR count). The first-order chi connectivity index (χ1) is 13.2. The zero-order valence-corrected chi connectivity index (χ0v) is 16.1. The molecular weight excluding hydrogens is 364 g/mol. The van der Waals surface area contributed by atoms with E-state index in [0.29, 0.717) is 26.3 Å². The lowest BCUT2D eigenvalue weighted by atomic mass is 9.79. The molecule has 0 radical (unpaired) electrons. The van der Waals surface area contributed by atoms with Crippen LogP contribution >= 0.6 is 11.3 Å². The fourth-order valence-corrected chi connectivity index (χ4v) is 5.07. The van der Waals surface area contributed by atoms with Crippen molar-refractivity contribution in [2.24, 2.45) is 5.92 Å². The van der Waals surface area contributed by atoms with Crippen LogP contribution in [0.5, 0.6) is 0 Å². The van der Waals surface area contributed by atoms with E-state index in [0.717, 1.165) is 40.9 Å². The Morgan fingerprint density at radius 1 is 1.19 bits per heavy atom. The Hall–Kier alpha value is -1.99. The Morgan fingerprint density at radius 3 is 2.78 bits per heavy atom. The van der Waals surface area contributed by atoms with Crippen molar-refractivity contribution in [3.8, 4) is 0 Å². The molecule has 1 aliphatic heterocycles. The molecule has 27 heavy (non-hydrogen) atoms. The second kappa shape index (κ2) is 8.35. The number of aromatic nitrogens is 1. The number of esters is 1. The minimum Gasteiger partial charge on any atom is -0.455 e. The second-order valence-corrected chi connectivity index (χ2v) is 8.18. The minimum absolute atomic E-state index is 0.0853. The first kappa shape index (κ1) is 18.4. The number of nitrogens with zero attached hydrogens (tertiary/aromatic N) is 2. The summed E-state index contributed by atoms with van der Waals surface area (Å²) in [5.41, 5.74) is 0.984. The summed E-state index contributed by atoms with van der Waals surface area (Å²) in [7, 11) is 0. The zero-order chi connectivity index (χ0) is 18.6. The van der Waals surface area contributed by atoms with Gasteiger partial charge in [0.25, 0.3) is 5.91 Å². The predicted octanol–water partition coefficient (Wildman–Crippen LogP) is 2.97. The van der Waals surface area contributed by atoms with Crippen molar-refractivity contribution in [2.75, 3.05) is 32.9 Å². The van der Waals surface area contributed by atoms with Gasteiger partial charge in [-0.15, -0.1) is 11.3 Å². The van der Waals surface area contributed by atoms with E-state index in [9.17, 15) is 9.59 Å². The number of rotatable bonds is 4. The molecule has 1 aromatic heterocycles. The van der Waals surface area contributed by atoms with E-state index in [1.807, 2.05) is 18.2 Å². The standard InChI is InChI=1S/C20H24N2O4S/c23-18(22-9-11-25-12-10-22)13-26-20(24)15-6-2-1-5-14(15)19-21-16-7-3-4-8-17(16)27-19/h3-4,7-8,14-15H,1-2,5-6,9-13H2/t14-,15-/m1/s1. The van der Waals surface area contributed by atoms with Gasteiger partial charge in [-0.2, -0.15) is 0 Å². The number of thiazole rings is 1. The number of amides is 1. The second-order valence-electron chi connectivity index (χ2n) is 7.12. The molecule has 2 aliphatic rings. The Labute approximate surface area is 162 Å². The molecule has 2 aromatic rings. The molecule has 0 bridgehead atoms. The normalized spacial score (nSPS) is 23.3. The van der Waals surface area contributed by atoms with E-state index in [2.05, 4.69) is 6.07 Å². The fourth-order valence-electron chi connectivity index (χ4n) is 3.90. The summed E-state index contributed by atoms with van der Waals surface area (Å²) in [5.74, 6) is -0.529. The average molecular weight is 388 g/mol. The van der Waals surface area contributed by atoms with E-state index in [4.69, 9.17) is 14.5 Å². The van der Waals surface area contributed by atoms with E-state index >= 15 is 0 Å². The summed E-state index contributed by atoms with van der Waals surface area (Å²) < 4.78 is 11.8. The van der Waals surface area contributed by atoms with E-state index in [1.54, 1.807) is 16.2 Å². The Kier molecular flexibility index (Phi) is 5.69. The average Bonchev–Trinajstić information content (AvgIpc) is 3.16. The van der Waals surface area contributed by atoms with Crippen molar-refractivity contribution in [1.29, 1.82) is 0 Å². The number of hydrogen-bond donors (Lipinski definition) is 0. The minimum atomic E-state index is -0.263. The lowest BCUT2D eigenvalue weighted by Crippen LogP contribution is -2.43. The molecule has 1 amide bonds. The summed E-state index contributed by atoms with van der Waals surface area (Å²) in [6.45, 7) is 2.04. The Morgan fingerprint density at radius 2 is 1.96 bits per heavy atom. The Bertz CT molecular complexity index is 782. The molecule has 2 heterocycles. The predicted molar refractivity (Wildman–Crippen MR) is 103 cm³/mol. The first-order valence-corrected chi connectivity index (χ1v) is 10.4. The van der Waals surface area contributed by atoms with Crippen LogP contribution in [0, 0.1) is 5.92 Å². The summed E-state index contributed by atoms with van der Waals surface area (Å²) in [5, 5.41) is 1.01. The number of ether oxygens (including phenoxy) is 2. The molecule has 2 fully saturated rings. The van der Waals surface area contributed by atoms with Crippen molar-refractivity contribution in [3.63, 3.8) is 0 Å². The van der Waals surface area contributed by atoms with Crippen LogP contribution in [0.2, 0.25) is 0 Å². The molecule has 1 aromatic carbocycles. The highest BCUT2D eigenvalue weighted by atomic mass is 32.1. The van der Waals surface area contributed by atoms with Gasteiger partial charge in [0.15, 0.2) is 6.61 Å². The number of benzene rings is 1. The zero-order valence-electron chi connectivity index (χ0n) is 15.3. The van der Waals surface area contributed by atoms with Gasteiger partial charge < -0.3 is 14.4 Å². The van der Waals surface area contributed by atoms with Crippen molar-refractivity contribution in [1.82, 2.24) is 9.88 Å². The van der Waals surface area contributed by atoms with Gasteiger partial charge in [0.1, 0.15) is 0 Å². The lowest BCUT2D eigenvalue weighted by Gasteiger charge is -2.29. The third kappa shape index (κ3) is 4.14. The molecule has 144 valence electrons. The molecule has 1 saturated carbocycles. The van der Waals surface area contributed by atoms with Crippen molar-refractivity contribution in [3.05, 3.63) is 29.3 Å². The van der Waals surface area contributed by atoms with Gasteiger partial charge in [-0.05, 0) is 25.0 Å². The SMILES string of the molecule is O=C(OCC(=O)N1CCOCC1)[C@@H]1CCCC[C@H]1c1nc2ccccc2s1. The smallest absolute Gasteiger partial charge is 0.310 e. The Balaban J connectivity index is 1.42. The van der Waals surface area contributed by atoms with Gasteiger partial charge in [0.05, 0.1) is 34.4 Å². The molecular formula is C20H24N2O4S. The topological polar surface area (TPSA) is 68.7 Å². The number of carbonyl (C=O) groups excluding carboxylic acids is 2. The van der Waals surface area contributed by atoms with Crippen LogP contribution in [0.25, 0.3) is 10.2 Å². The van der Waals surface area contributed by atoms with Crippen LogP contribution in [0.4, 0.5) is 0 Å². The van der Waals surface area contributed by atoms with E-state index in [-0.39, 0.29) is 30.3 Å². The van der Waals surface area contributed by atoms with Gasteiger partial charge in [-0.1, -0.05) is 25.0 Å². The van der Waals surface area contributed by atoms with Crippen LogP contribution in [-0.4, -0.2) is 54.7 Å². The largest absolute Gasteiger partial charge is 0.455 e. The van der Waals surface area contributed by atoms with Gasteiger partial charge in [-0.3, -0.25) is 9.59 Å². The first-order valence-electron chi connectivity index (χ1n) is 9.60. The van der Waals surface area contributed by atoms with Crippen molar-refractivity contribution >= 4 is 33.4 Å². The van der Waals surface area contributed by atoms with Crippen LogP contribution in [0.3, 0.4) is 0 Å². The number of para-hydroxylation sites is 1. The van der Waals surface area contributed by atoms with Gasteiger partial charge in [-0.25, -0.2) is 4.98 Å². The van der Waals surface area contributed by atoms with Gasteiger partial charge in [0, 0.05) is 19.0 Å². The lowest BCUT2D eigenvalue weighted by molar-refractivity contribution is -0.158. The van der Waals surface area contributed by atoms with Crippen LogP contribution in [0.15, 0.2) is 24.3 Å². The third-order valence-electron chi connectivity index (χ3n) is 5.40. The highest BCUT2D eigenvalue weighted by Gasteiger charge is 2.35. The molecule has 0 spiro atoms. The molecule has 6 nitrogen and oxygen atoms in total. The molecule has 2 atom stereocenters. The molecule has 1 saturated heterocycles. The van der Waals surface area contributed by atoms with Gasteiger partial charge >= 0.3 is 5.97 Å². The summed E-state index contributed by atoms with van der Waals surface area (Å²) >= 11 is 1.66. The maximum atomic E-state index is 12.7. The van der Waals surface area contributed by atoms with E-state index < -0.39 is 0 Å². The fraction of sp³-hybridized carbons (Fsp3) is 0.550. The van der Waals surface area contributed by atoms with Crippen LogP contribution < -0.4 is 0 Å². The number of fused-ring (bicyclic) bond motifs is 1. The number of hydrogen-bond acceptors (Lipinski definition) is 6.